The van der Waals surface area contributed by atoms with Crippen LogP contribution < -0.4 is 20.5 Å². The van der Waals surface area contributed by atoms with Gasteiger partial charge in [0.1, 0.15) is 0 Å². The van der Waals surface area contributed by atoms with Crippen molar-refractivity contribution in [3.63, 3.8) is 0 Å². The zero-order chi connectivity index (χ0) is 24.1. The number of benzene rings is 2. The van der Waals surface area contributed by atoms with Gasteiger partial charge in [0, 0.05) is 11.8 Å². The van der Waals surface area contributed by atoms with E-state index in [0.717, 1.165) is 6.08 Å². The van der Waals surface area contributed by atoms with Crippen LogP contribution in [0.25, 0.3) is 6.08 Å². The van der Waals surface area contributed by atoms with Crippen molar-refractivity contribution < 1.29 is 45.4 Å². The van der Waals surface area contributed by atoms with E-state index in [0.29, 0.717) is 17.7 Å². The highest BCUT2D eigenvalue weighted by molar-refractivity contribution is 6.02. The lowest BCUT2D eigenvalue weighted by Crippen LogP contribution is -2.20. The van der Waals surface area contributed by atoms with Gasteiger partial charge in [-0.05, 0) is 42.0 Å². The quantitative estimate of drug-likeness (QED) is 0.476. The zero-order valence-corrected chi connectivity index (χ0v) is 16.3. The smallest absolute Gasteiger partial charge is 0.416 e. The zero-order valence-electron chi connectivity index (χ0n) is 16.3. The second-order valence-electron chi connectivity index (χ2n) is 6.28. The second-order valence-corrected chi connectivity index (χ2v) is 6.28. The van der Waals surface area contributed by atoms with Crippen LogP contribution >= 0.6 is 0 Å². The normalized spacial score (nSPS) is 12.0. The monoisotopic (exact) mass is 462 g/mol. The van der Waals surface area contributed by atoms with Crippen LogP contribution in [0.2, 0.25) is 0 Å². The van der Waals surface area contributed by atoms with E-state index in [9.17, 15) is 35.9 Å². The molecule has 32 heavy (non-hydrogen) atoms. The third-order valence-corrected chi connectivity index (χ3v) is 3.84. The topological polar surface area (TPSA) is 90.7 Å². The Morgan fingerprint density at radius 2 is 1.56 bits per heavy atom. The number of nitrogens with two attached hydrogens (primary N) is 1. The molecule has 2 aromatic carbocycles. The molecule has 2 amide bonds. The van der Waals surface area contributed by atoms with Gasteiger partial charge in [0.05, 0.1) is 18.2 Å². The summed E-state index contributed by atoms with van der Waals surface area (Å²) >= 11 is 0. The molecule has 0 aliphatic heterocycles. The molecule has 12 heteroatoms. The minimum Gasteiger partial charge on any atom is -0.493 e. The maximum absolute atomic E-state index is 12.9. The van der Waals surface area contributed by atoms with Crippen LogP contribution in [0, 0.1) is 0 Å². The molecule has 0 saturated heterocycles. The van der Waals surface area contributed by atoms with E-state index in [1.165, 1.54) is 31.4 Å². The Balaban J connectivity index is 2.21. The first-order valence-electron chi connectivity index (χ1n) is 8.67. The van der Waals surface area contributed by atoms with Gasteiger partial charge in [-0.1, -0.05) is 6.07 Å². The molecular weight excluding hydrogens is 446 g/mol. The molecule has 0 heterocycles. The molecule has 0 spiro atoms. The lowest BCUT2D eigenvalue weighted by molar-refractivity contribution is -0.143. The van der Waals surface area contributed by atoms with Gasteiger partial charge in [0.2, 0.25) is 5.91 Å². The molecular formula is C20H16F6N2O4. The van der Waals surface area contributed by atoms with E-state index in [1.54, 1.807) is 0 Å². The fourth-order valence-corrected chi connectivity index (χ4v) is 2.44. The number of ether oxygens (including phenoxy) is 2. The van der Waals surface area contributed by atoms with Gasteiger partial charge in [-0.15, -0.1) is 0 Å². The third kappa shape index (κ3) is 6.93. The molecule has 0 aliphatic rings. The number of methoxy groups -OCH3 is 1. The maximum atomic E-state index is 12.9. The molecule has 0 radical (unpaired) electrons. The van der Waals surface area contributed by atoms with E-state index in [1.807, 2.05) is 5.32 Å². The van der Waals surface area contributed by atoms with E-state index < -0.39 is 47.6 Å². The number of rotatable bonds is 7. The van der Waals surface area contributed by atoms with Crippen LogP contribution in [0.3, 0.4) is 0 Å². The minimum absolute atomic E-state index is 0.0420. The highest BCUT2D eigenvalue weighted by Gasteiger charge is 2.37. The van der Waals surface area contributed by atoms with Gasteiger partial charge < -0.3 is 20.5 Å². The van der Waals surface area contributed by atoms with E-state index in [4.69, 9.17) is 15.2 Å². The number of carbonyl (C=O) groups is 2. The first kappa shape index (κ1) is 24.6. The molecule has 6 nitrogen and oxygen atoms in total. The first-order chi connectivity index (χ1) is 14.8. The van der Waals surface area contributed by atoms with Crippen molar-refractivity contribution >= 4 is 23.6 Å². The molecule has 0 aromatic heterocycles. The largest absolute Gasteiger partial charge is 0.493 e. The first-order valence-corrected chi connectivity index (χ1v) is 8.67. The molecule has 0 aliphatic carbocycles. The van der Waals surface area contributed by atoms with Gasteiger partial charge >= 0.3 is 12.4 Å². The molecule has 0 atom stereocenters. The molecule has 0 unspecified atom stereocenters. The van der Waals surface area contributed by atoms with Crippen molar-refractivity contribution in [2.24, 2.45) is 5.73 Å². The van der Waals surface area contributed by atoms with E-state index in [2.05, 4.69) is 0 Å². The Bertz CT molecular complexity index is 999. The van der Waals surface area contributed by atoms with Crippen LogP contribution in [0.1, 0.15) is 16.7 Å². The van der Waals surface area contributed by atoms with Crippen LogP contribution in [0.5, 0.6) is 11.5 Å². The number of nitrogens with one attached hydrogen (secondary N) is 1. The highest BCUT2D eigenvalue weighted by Crippen LogP contribution is 2.37. The van der Waals surface area contributed by atoms with Crippen molar-refractivity contribution in [2.75, 3.05) is 19.0 Å². The van der Waals surface area contributed by atoms with Crippen LogP contribution in [0.15, 0.2) is 42.5 Å². The fourth-order valence-electron chi connectivity index (χ4n) is 2.44. The van der Waals surface area contributed by atoms with Gasteiger partial charge in [-0.25, -0.2) is 0 Å². The predicted octanol–water partition coefficient (Wildman–Crippen LogP) is 4.25. The number of halogens is 6. The average molecular weight is 462 g/mol. The summed E-state index contributed by atoms with van der Waals surface area (Å²) in [4.78, 5) is 22.8. The molecule has 3 N–H and O–H groups in total. The lowest BCUT2D eigenvalue weighted by atomic mass is 10.1. The summed E-state index contributed by atoms with van der Waals surface area (Å²) in [5, 5.41) is 1.98. The van der Waals surface area contributed by atoms with Crippen LogP contribution in [-0.4, -0.2) is 25.5 Å². The van der Waals surface area contributed by atoms with Crippen LogP contribution in [-0.2, 0) is 21.9 Å². The summed E-state index contributed by atoms with van der Waals surface area (Å²) in [6.07, 6.45) is -7.92. The Morgan fingerprint density at radius 3 is 2.06 bits per heavy atom. The molecule has 0 fully saturated rings. The summed E-state index contributed by atoms with van der Waals surface area (Å²) in [7, 11) is 1.32. The Hall–Kier alpha value is -3.70. The van der Waals surface area contributed by atoms with E-state index >= 15 is 0 Å². The van der Waals surface area contributed by atoms with Crippen molar-refractivity contribution in [3.8, 4) is 11.5 Å². The Kier molecular flexibility index (Phi) is 7.39. The SMILES string of the molecule is COc1cc(/C=C/C(=O)Nc2cc(C(F)(F)F)cc(C(F)(F)F)c2)ccc1OCC(N)=O. The van der Waals surface area contributed by atoms with Gasteiger partial charge in [-0.3, -0.25) is 9.59 Å². The Labute approximate surface area is 177 Å². The summed E-state index contributed by atoms with van der Waals surface area (Å²) in [5.74, 6) is -1.29. The van der Waals surface area contributed by atoms with E-state index in [-0.39, 0.29) is 17.6 Å². The third-order valence-electron chi connectivity index (χ3n) is 3.84. The predicted molar refractivity (Wildman–Crippen MR) is 102 cm³/mol. The van der Waals surface area contributed by atoms with Gasteiger partial charge in [0.25, 0.3) is 5.91 Å². The highest BCUT2D eigenvalue weighted by atomic mass is 19.4. The van der Waals surface area contributed by atoms with Crippen molar-refractivity contribution in [1.29, 1.82) is 0 Å². The number of amides is 2. The summed E-state index contributed by atoms with van der Waals surface area (Å²) in [5.41, 5.74) is 1.60. The summed E-state index contributed by atoms with van der Waals surface area (Å²) in [6.45, 7) is -0.398. The van der Waals surface area contributed by atoms with Gasteiger partial charge in [0.15, 0.2) is 18.1 Å². The van der Waals surface area contributed by atoms with Gasteiger partial charge in [-0.2, -0.15) is 26.3 Å². The number of hydrogen-bond donors (Lipinski definition) is 2. The maximum Gasteiger partial charge on any atom is 0.416 e. The molecule has 0 saturated carbocycles. The molecule has 2 rings (SSSR count). The number of hydrogen-bond acceptors (Lipinski definition) is 4. The van der Waals surface area contributed by atoms with Crippen molar-refractivity contribution in [1.82, 2.24) is 0 Å². The summed E-state index contributed by atoms with van der Waals surface area (Å²) < 4.78 is 87.7. The lowest BCUT2D eigenvalue weighted by Gasteiger charge is -2.14. The number of primary amides is 1. The number of carbonyl (C=O) groups excluding carboxylic acids is 2. The standard InChI is InChI=1S/C20H16F6N2O4/c1-31-16-6-11(2-4-15(16)32-10-17(27)29)3-5-18(30)28-14-8-12(19(21,22)23)7-13(9-14)20(24,25)26/h2-9H,10H2,1H3,(H2,27,29)(H,28,30)/b5-3+. The number of alkyl halides is 6. The van der Waals surface area contributed by atoms with Crippen LogP contribution in [0.4, 0.5) is 32.0 Å². The fraction of sp³-hybridized carbons (Fsp3) is 0.200. The molecule has 172 valence electrons. The summed E-state index contributed by atoms with van der Waals surface area (Å²) in [6, 6.07) is 5.06. The second kappa shape index (κ2) is 9.62. The van der Waals surface area contributed by atoms with Crippen molar-refractivity contribution in [3.05, 3.63) is 59.2 Å². The molecule has 2 aromatic rings. The van der Waals surface area contributed by atoms with Crippen molar-refractivity contribution in [2.45, 2.75) is 12.4 Å². The molecule has 0 bridgehead atoms. The average Bonchev–Trinajstić information content (AvgIpc) is 2.69. The minimum atomic E-state index is -5.04. The number of anilines is 1. The Morgan fingerprint density at radius 1 is 0.969 bits per heavy atom.